The lowest BCUT2D eigenvalue weighted by atomic mass is 9.91. The molecule has 148 valence electrons. The molecule has 0 amide bonds. The molecule has 1 aliphatic carbocycles. The van der Waals surface area contributed by atoms with Crippen molar-refractivity contribution >= 4 is 32.8 Å². The Hall–Kier alpha value is -1.22. The smallest absolute Gasteiger partial charge is 0.187 e. The molecule has 1 aromatic carbocycles. The molecule has 2 aromatic rings. The fourth-order valence-electron chi connectivity index (χ4n) is 3.37. The summed E-state index contributed by atoms with van der Waals surface area (Å²) in [5.74, 6) is -1.03. The van der Waals surface area contributed by atoms with Crippen molar-refractivity contribution in [2.75, 3.05) is 14.1 Å². The third-order valence-electron chi connectivity index (χ3n) is 4.73. The van der Waals surface area contributed by atoms with Gasteiger partial charge in [0.15, 0.2) is 9.84 Å². The molecular formula is C18H22ClFN2O3S2. The van der Waals surface area contributed by atoms with E-state index in [1.165, 1.54) is 17.5 Å². The normalized spacial score (nSPS) is 20.8. The van der Waals surface area contributed by atoms with Crippen molar-refractivity contribution in [2.24, 2.45) is 0 Å². The van der Waals surface area contributed by atoms with E-state index in [9.17, 15) is 12.8 Å². The van der Waals surface area contributed by atoms with Gasteiger partial charge in [-0.25, -0.2) is 17.8 Å². The zero-order chi connectivity index (χ0) is 19.6. The molecule has 27 heavy (non-hydrogen) atoms. The van der Waals surface area contributed by atoms with Gasteiger partial charge >= 0.3 is 0 Å². The molecule has 9 heteroatoms. The lowest BCUT2D eigenvalue weighted by Crippen LogP contribution is -2.44. The second-order valence-electron chi connectivity index (χ2n) is 6.87. The Bertz CT molecular complexity index is 888. The van der Waals surface area contributed by atoms with E-state index in [1.807, 2.05) is 14.1 Å². The van der Waals surface area contributed by atoms with Crippen molar-refractivity contribution in [2.45, 2.75) is 48.5 Å². The van der Waals surface area contributed by atoms with Crippen molar-refractivity contribution in [1.29, 1.82) is 0 Å². The number of aromatic nitrogens is 1. The highest BCUT2D eigenvalue weighted by atomic mass is 35.5. The Kier molecular flexibility index (Phi) is 6.40. The lowest BCUT2D eigenvalue weighted by molar-refractivity contribution is 0.0620. The van der Waals surface area contributed by atoms with E-state index in [4.69, 9.17) is 16.3 Å². The van der Waals surface area contributed by atoms with Gasteiger partial charge in [0.2, 0.25) is 0 Å². The molecule has 3 rings (SSSR count). The summed E-state index contributed by atoms with van der Waals surface area (Å²) >= 11 is 7.46. The van der Waals surface area contributed by atoms with E-state index in [2.05, 4.69) is 9.88 Å². The van der Waals surface area contributed by atoms with E-state index >= 15 is 0 Å². The zero-order valence-corrected chi connectivity index (χ0v) is 17.6. The molecule has 0 bridgehead atoms. The molecule has 1 saturated carbocycles. The number of ether oxygens (including phenoxy) is 1. The van der Waals surface area contributed by atoms with Crippen LogP contribution >= 0.6 is 22.9 Å². The number of nitrogens with zero attached hydrogens (tertiary/aromatic N) is 2. The predicted octanol–water partition coefficient (Wildman–Crippen LogP) is 4.16. The fourth-order valence-corrected chi connectivity index (χ4v) is 5.99. The van der Waals surface area contributed by atoms with Gasteiger partial charge in [0.25, 0.3) is 0 Å². The zero-order valence-electron chi connectivity index (χ0n) is 15.2. The number of halogens is 2. The summed E-state index contributed by atoms with van der Waals surface area (Å²) in [5.41, 5.74) is 0. The second-order valence-corrected chi connectivity index (χ2v) is 10.2. The van der Waals surface area contributed by atoms with Crippen LogP contribution < -0.4 is 4.74 Å². The molecule has 0 N–H and O–H groups in total. The van der Waals surface area contributed by atoms with Gasteiger partial charge in [-0.3, -0.25) is 0 Å². The van der Waals surface area contributed by atoms with Gasteiger partial charge < -0.3 is 9.64 Å². The number of thiazole rings is 1. The van der Waals surface area contributed by atoms with Crippen molar-refractivity contribution in [1.82, 2.24) is 9.88 Å². The molecule has 2 atom stereocenters. The quantitative estimate of drug-likeness (QED) is 0.685. The summed E-state index contributed by atoms with van der Waals surface area (Å²) in [7, 11) is 0.0920. The van der Waals surface area contributed by atoms with Gasteiger partial charge in [0.05, 0.1) is 5.02 Å². The minimum Gasteiger partial charge on any atom is -0.487 e. The maximum absolute atomic E-state index is 14.6. The van der Waals surface area contributed by atoms with Gasteiger partial charge in [-0.2, -0.15) is 0 Å². The first-order valence-corrected chi connectivity index (χ1v) is 11.6. The largest absolute Gasteiger partial charge is 0.487 e. The summed E-state index contributed by atoms with van der Waals surface area (Å²) in [6.07, 6.45) is 5.42. The number of rotatable bonds is 6. The molecule has 1 aromatic heterocycles. The van der Waals surface area contributed by atoms with Crippen molar-refractivity contribution in [3.8, 4) is 5.75 Å². The molecule has 1 fully saturated rings. The first-order chi connectivity index (χ1) is 12.8. The number of sulfone groups is 1. The highest BCUT2D eigenvalue weighted by Crippen LogP contribution is 2.34. The highest BCUT2D eigenvalue weighted by molar-refractivity contribution is 7.90. The van der Waals surface area contributed by atoms with Gasteiger partial charge in [-0.05, 0) is 39.4 Å². The van der Waals surface area contributed by atoms with Crippen molar-refractivity contribution in [3.63, 3.8) is 0 Å². The summed E-state index contributed by atoms with van der Waals surface area (Å²) < 4.78 is 45.7. The highest BCUT2D eigenvalue weighted by Gasteiger charge is 2.30. The standard InChI is InChI=1S/C18H22ClFN2O3S2/c1-22(2)14-5-3-4-6-15(14)25-16-10-13(20)17(9-12(16)19)27(23,24)11-18-21-7-8-26-18/h7-10,14-15H,3-6,11H2,1-2H3/t14-,15-/m0/s1. The molecule has 5 nitrogen and oxygen atoms in total. The van der Waals surface area contributed by atoms with E-state index in [0.29, 0.717) is 5.01 Å². The topological polar surface area (TPSA) is 59.5 Å². The van der Waals surface area contributed by atoms with E-state index in [0.717, 1.165) is 37.8 Å². The minimum absolute atomic E-state index is 0.0946. The third-order valence-corrected chi connectivity index (χ3v) is 7.62. The number of likely N-dealkylation sites (N-methyl/N-ethyl adjacent to an activating group) is 1. The maximum Gasteiger partial charge on any atom is 0.187 e. The van der Waals surface area contributed by atoms with E-state index < -0.39 is 20.5 Å². The summed E-state index contributed by atoms with van der Waals surface area (Å²) in [4.78, 5) is 5.62. The van der Waals surface area contributed by atoms with E-state index in [1.54, 1.807) is 5.38 Å². The molecule has 1 aliphatic rings. The first-order valence-electron chi connectivity index (χ1n) is 8.71. The number of hydrogen-bond acceptors (Lipinski definition) is 6. The van der Waals surface area contributed by atoms with Gasteiger partial charge in [0, 0.05) is 23.7 Å². The molecule has 1 heterocycles. The fraction of sp³-hybridized carbons (Fsp3) is 0.500. The average molecular weight is 433 g/mol. The minimum atomic E-state index is -3.89. The van der Waals surface area contributed by atoms with Gasteiger partial charge in [0.1, 0.15) is 33.3 Å². The monoisotopic (exact) mass is 432 g/mol. The SMILES string of the molecule is CN(C)[C@H]1CCCC[C@@H]1Oc1cc(F)c(S(=O)(=O)Cc2nccs2)cc1Cl. The van der Waals surface area contributed by atoms with Crippen LogP contribution in [0.3, 0.4) is 0 Å². The third kappa shape index (κ3) is 4.80. The van der Waals surface area contributed by atoms with Crippen LogP contribution in [-0.2, 0) is 15.6 Å². The van der Waals surface area contributed by atoms with Crippen molar-refractivity contribution < 1.29 is 17.5 Å². The van der Waals surface area contributed by atoms with Crippen LogP contribution in [-0.4, -0.2) is 44.5 Å². The van der Waals surface area contributed by atoms with Crippen LogP contribution in [0.5, 0.6) is 5.75 Å². The van der Waals surface area contributed by atoms with Crippen LogP contribution in [0.25, 0.3) is 0 Å². The molecule has 0 aliphatic heterocycles. The molecular weight excluding hydrogens is 411 g/mol. The summed E-state index contributed by atoms with van der Waals surface area (Å²) in [6, 6.07) is 2.44. The Morgan fingerprint density at radius 3 is 2.74 bits per heavy atom. The Morgan fingerprint density at radius 2 is 2.07 bits per heavy atom. The lowest BCUT2D eigenvalue weighted by Gasteiger charge is -2.36. The Labute approximate surface area is 168 Å². The first kappa shape index (κ1) is 20.5. The maximum atomic E-state index is 14.6. The number of hydrogen-bond donors (Lipinski definition) is 0. The van der Waals surface area contributed by atoms with Gasteiger partial charge in [-0.1, -0.05) is 18.0 Å². The van der Waals surface area contributed by atoms with E-state index in [-0.39, 0.29) is 28.7 Å². The van der Waals surface area contributed by atoms with Gasteiger partial charge in [-0.15, -0.1) is 11.3 Å². The van der Waals surface area contributed by atoms with Crippen molar-refractivity contribution in [3.05, 3.63) is 39.6 Å². The second kappa shape index (κ2) is 8.43. The number of benzene rings is 1. The Morgan fingerprint density at radius 1 is 1.33 bits per heavy atom. The predicted molar refractivity (Wildman–Crippen MR) is 105 cm³/mol. The molecule has 0 spiro atoms. The van der Waals surface area contributed by atoms with Crippen LogP contribution in [0.15, 0.2) is 28.6 Å². The van der Waals surface area contributed by atoms with Crippen LogP contribution in [0.4, 0.5) is 4.39 Å². The van der Waals surface area contributed by atoms with Crippen LogP contribution in [0, 0.1) is 5.82 Å². The summed E-state index contributed by atoms with van der Waals surface area (Å²) in [6.45, 7) is 0. The molecule has 0 unspecified atom stereocenters. The Balaban J connectivity index is 1.84. The summed E-state index contributed by atoms with van der Waals surface area (Å²) in [5, 5.41) is 2.18. The van der Waals surface area contributed by atoms with Crippen LogP contribution in [0.1, 0.15) is 30.7 Å². The average Bonchev–Trinajstić information content (AvgIpc) is 3.10. The van der Waals surface area contributed by atoms with Crippen LogP contribution in [0.2, 0.25) is 5.02 Å². The molecule has 0 radical (unpaired) electrons. The molecule has 0 saturated heterocycles.